The molecule has 1 N–H and O–H groups in total. The van der Waals surface area contributed by atoms with Gasteiger partial charge in [-0.1, -0.05) is 0 Å². The van der Waals surface area contributed by atoms with Crippen molar-refractivity contribution < 1.29 is 9.18 Å². The highest BCUT2D eigenvalue weighted by molar-refractivity contribution is 6.21. The molecule has 1 aromatic heterocycles. The van der Waals surface area contributed by atoms with Crippen LogP contribution in [0, 0.1) is 17.3 Å². The Hall–Kier alpha value is -3.20. The van der Waals surface area contributed by atoms with E-state index >= 15 is 0 Å². The van der Waals surface area contributed by atoms with Gasteiger partial charge in [0.25, 0.3) is 0 Å². The molecule has 0 radical (unpaired) electrons. The van der Waals surface area contributed by atoms with Gasteiger partial charge in [-0.25, -0.2) is 4.98 Å². The molecule has 0 bridgehead atoms. The number of ketones is 1. The van der Waals surface area contributed by atoms with Gasteiger partial charge in [0.2, 0.25) is 11.7 Å². The Balaban J connectivity index is 1.98. The van der Waals surface area contributed by atoms with Crippen molar-refractivity contribution in [3.63, 3.8) is 0 Å². The highest BCUT2D eigenvalue weighted by Crippen LogP contribution is 2.43. The van der Waals surface area contributed by atoms with Gasteiger partial charge in [0.15, 0.2) is 0 Å². The smallest absolute Gasteiger partial charge is 0.213 e. The predicted molar refractivity (Wildman–Crippen MR) is 86.7 cm³/mol. The number of aromatic nitrogens is 1. The molecular weight excluding hydrogens is 307 g/mol. The van der Waals surface area contributed by atoms with Gasteiger partial charge in [0.05, 0.1) is 17.3 Å². The van der Waals surface area contributed by atoms with E-state index in [0.29, 0.717) is 28.9 Å². The first kappa shape index (κ1) is 14.4. The van der Waals surface area contributed by atoms with Crippen LogP contribution in [0.1, 0.15) is 22.3 Å². The van der Waals surface area contributed by atoms with Gasteiger partial charge in [0.1, 0.15) is 5.70 Å². The van der Waals surface area contributed by atoms with Crippen molar-refractivity contribution in [2.45, 2.75) is 6.42 Å². The third kappa shape index (κ3) is 2.14. The monoisotopic (exact) mass is 320 g/mol. The van der Waals surface area contributed by atoms with Crippen LogP contribution in [-0.4, -0.2) is 23.9 Å². The number of halogens is 1. The maximum Gasteiger partial charge on any atom is 0.213 e. The lowest BCUT2D eigenvalue weighted by Gasteiger charge is -2.21. The number of anilines is 1. The summed E-state index contributed by atoms with van der Waals surface area (Å²) in [5.74, 6) is -0.671. The molecule has 1 aromatic carbocycles. The number of hydrogen-bond donors (Lipinski definition) is 1. The Bertz CT molecular complexity index is 912. The average molecular weight is 320 g/mol. The number of fused-ring (bicyclic) bond motifs is 3. The van der Waals surface area contributed by atoms with Crippen molar-refractivity contribution in [3.05, 3.63) is 59.4 Å². The van der Waals surface area contributed by atoms with Crippen LogP contribution in [0.25, 0.3) is 11.1 Å². The summed E-state index contributed by atoms with van der Waals surface area (Å²) < 4.78 is 13.2. The molecule has 2 aromatic rings. The quantitative estimate of drug-likeness (QED) is 0.818. The molecule has 3 heterocycles. The maximum absolute atomic E-state index is 13.2. The van der Waals surface area contributed by atoms with Crippen LogP contribution >= 0.6 is 0 Å². The van der Waals surface area contributed by atoms with E-state index in [1.54, 1.807) is 24.4 Å². The van der Waals surface area contributed by atoms with Crippen LogP contribution in [0.3, 0.4) is 0 Å². The average Bonchev–Trinajstić information content (AvgIpc) is 2.77. The molecule has 0 saturated heterocycles. The van der Waals surface area contributed by atoms with Crippen LogP contribution in [0.5, 0.6) is 0 Å². The fraction of sp³-hybridized carbons (Fsp3) is 0.167. The van der Waals surface area contributed by atoms with Crippen molar-refractivity contribution in [1.29, 1.82) is 5.26 Å². The molecule has 2 aliphatic rings. The van der Waals surface area contributed by atoms with Gasteiger partial charge in [-0.05, 0) is 30.7 Å². The number of nitrogens with one attached hydrogen (secondary N) is 1. The van der Waals surface area contributed by atoms with Crippen molar-refractivity contribution in [2.24, 2.45) is 0 Å². The van der Waals surface area contributed by atoms with Gasteiger partial charge in [-0.15, -0.1) is 0 Å². The number of hydrogen-bond acceptors (Lipinski definition) is 5. The maximum atomic E-state index is 13.2. The van der Waals surface area contributed by atoms with E-state index in [0.717, 1.165) is 24.2 Å². The minimum absolute atomic E-state index is 0.104. The standard InChI is InChI=1S/C18H13FN4O/c19-16-3-2-12(9-22-16)13-6-11(8-20)7-14-17(13)23-5-1-4-21-10-15(23)18(14)24/h2-3,6-7,9-10,21H,1,4-5H2. The third-order valence-electron chi connectivity index (χ3n) is 4.26. The van der Waals surface area contributed by atoms with Crippen LogP contribution < -0.4 is 10.2 Å². The van der Waals surface area contributed by atoms with E-state index < -0.39 is 5.95 Å². The van der Waals surface area contributed by atoms with Crippen molar-refractivity contribution >= 4 is 11.5 Å². The highest BCUT2D eigenvalue weighted by atomic mass is 19.1. The summed E-state index contributed by atoms with van der Waals surface area (Å²) in [4.78, 5) is 18.4. The molecule has 0 amide bonds. The van der Waals surface area contributed by atoms with Crippen LogP contribution in [0.2, 0.25) is 0 Å². The highest BCUT2D eigenvalue weighted by Gasteiger charge is 2.35. The fourth-order valence-electron chi connectivity index (χ4n) is 3.18. The molecule has 4 rings (SSSR count). The molecule has 2 aliphatic heterocycles. The molecule has 0 spiro atoms. The van der Waals surface area contributed by atoms with Gasteiger partial charge in [-0.2, -0.15) is 9.65 Å². The second-order valence-electron chi connectivity index (χ2n) is 5.72. The van der Waals surface area contributed by atoms with E-state index in [-0.39, 0.29) is 5.78 Å². The number of Topliss-reactive ketones (excluding diaryl/α,β-unsaturated/α-hetero) is 1. The lowest BCUT2D eigenvalue weighted by Crippen LogP contribution is -2.21. The summed E-state index contributed by atoms with van der Waals surface area (Å²) in [5, 5.41) is 12.4. The van der Waals surface area contributed by atoms with Crippen LogP contribution in [-0.2, 0) is 0 Å². The number of carbonyl (C=O) groups excluding carboxylic acids is 1. The van der Waals surface area contributed by atoms with E-state index in [1.165, 1.54) is 12.3 Å². The Morgan fingerprint density at radius 1 is 1.29 bits per heavy atom. The first-order chi connectivity index (χ1) is 11.7. The molecule has 0 fully saturated rings. The number of carbonyl (C=O) groups is 1. The number of benzene rings is 1. The summed E-state index contributed by atoms with van der Waals surface area (Å²) in [5.41, 5.74) is 3.64. The molecule has 0 aliphatic carbocycles. The Labute approximate surface area is 138 Å². The lowest BCUT2D eigenvalue weighted by atomic mass is 9.98. The Morgan fingerprint density at radius 3 is 2.88 bits per heavy atom. The number of nitrogens with zero attached hydrogens (tertiary/aromatic N) is 3. The zero-order valence-electron chi connectivity index (χ0n) is 12.7. The van der Waals surface area contributed by atoms with E-state index in [1.807, 2.05) is 4.90 Å². The summed E-state index contributed by atoms with van der Waals surface area (Å²) >= 11 is 0. The fourth-order valence-corrected chi connectivity index (χ4v) is 3.18. The first-order valence-electron chi connectivity index (χ1n) is 7.65. The molecule has 24 heavy (non-hydrogen) atoms. The molecule has 0 unspecified atom stereocenters. The summed E-state index contributed by atoms with van der Waals surface area (Å²) in [6.07, 6.45) is 4.04. The zero-order chi connectivity index (χ0) is 16.7. The van der Waals surface area contributed by atoms with Crippen LogP contribution in [0.15, 0.2) is 42.4 Å². The lowest BCUT2D eigenvalue weighted by molar-refractivity contribution is 0.103. The number of rotatable bonds is 1. The molecule has 0 saturated carbocycles. The van der Waals surface area contributed by atoms with Gasteiger partial charge >= 0.3 is 0 Å². The minimum Gasteiger partial charge on any atom is -0.389 e. The minimum atomic E-state index is -0.567. The zero-order valence-corrected chi connectivity index (χ0v) is 12.7. The molecule has 118 valence electrons. The summed E-state index contributed by atoms with van der Waals surface area (Å²) in [7, 11) is 0. The van der Waals surface area contributed by atoms with Crippen LogP contribution in [0.4, 0.5) is 10.1 Å². The first-order valence-corrected chi connectivity index (χ1v) is 7.65. The van der Waals surface area contributed by atoms with E-state index in [4.69, 9.17) is 0 Å². The van der Waals surface area contributed by atoms with E-state index in [2.05, 4.69) is 16.4 Å². The Morgan fingerprint density at radius 2 is 2.12 bits per heavy atom. The molecular formula is C18H13FN4O. The van der Waals surface area contributed by atoms with Gasteiger partial charge in [-0.3, -0.25) is 4.79 Å². The SMILES string of the molecule is N#Cc1cc2c(c(-c3ccc(F)nc3)c1)N1CCCNC=C1C2=O. The predicted octanol–water partition coefficient (Wildman–Crippen LogP) is 2.60. The van der Waals surface area contributed by atoms with Gasteiger partial charge in [0, 0.05) is 42.2 Å². The number of allylic oxidation sites excluding steroid dienone is 1. The largest absolute Gasteiger partial charge is 0.389 e. The normalized spacial score (nSPS) is 15.8. The summed E-state index contributed by atoms with van der Waals surface area (Å²) in [6.45, 7) is 1.50. The topological polar surface area (TPSA) is 69.0 Å². The molecule has 5 nitrogen and oxygen atoms in total. The second-order valence-corrected chi connectivity index (χ2v) is 5.72. The van der Waals surface area contributed by atoms with Crippen molar-refractivity contribution in [1.82, 2.24) is 10.3 Å². The third-order valence-corrected chi connectivity index (χ3v) is 4.26. The van der Waals surface area contributed by atoms with Crippen molar-refractivity contribution in [2.75, 3.05) is 18.0 Å². The number of nitriles is 1. The van der Waals surface area contributed by atoms with E-state index in [9.17, 15) is 14.4 Å². The molecule has 0 atom stereocenters. The number of pyridine rings is 1. The second kappa shape index (κ2) is 5.46. The van der Waals surface area contributed by atoms with Crippen molar-refractivity contribution in [3.8, 4) is 17.2 Å². The molecule has 6 heteroatoms. The van der Waals surface area contributed by atoms with Gasteiger partial charge < -0.3 is 10.2 Å². The Kier molecular flexibility index (Phi) is 3.28. The summed E-state index contributed by atoms with van der Waals surface area (Å²) in [6, 6.07) is 8.32.